The number of ether oxygens (including phenoxy) is 1. The minimum absolute atomic E-state index is 0.000440. The van der Waals surface area contributed by atoms with Gasteiger partial charge in [-0.25, -0.2) is 0 Å². The second-order valence-corrected chi connectivity index (χ2v) is 6.61. The number of nitrogens with zero attached hydrogens (tertiary/aromatic N) is 2. The van der Waals surface area contributed by atoms with Gasteiger partial charge >= 0.3 is 0 Å². The van der Waals surface area contributed by atoms with Gasteiger partial charge in [-0.3, -0.25) is 4.79 Å². The van der Waals surface area contributed by atoms with E-state index in [2.05, 4.69) is 5.16 Å². The molecular weight excluding hydrogens is 270 g/mol. The van der Waals surface area contributed by atoms with E-state index in [0.29, 0.717) is 19.4 Å². The molecule has 2 rings (SSSR count). The number of oxime groups is 1. The van der Waals surface area contributed by atoms with E-state index in [-0.39, 0.29) is 17.3 Å². The van der Waals surface area contributed by atoms with Crippen LogP contribution in [0.15, 0.2) is 5.16 Å². The second kappa shape index (κ2) is 6.22. The molecule has 6 heteroatoms. The Morgan fingerprint density at radius 1 is 1.24 bits per heavy atom. The topological polar surface area (TPSA) is 88.2 Å². The summed E-state index contributed by atoms with van der Waals surface area (Å²) >= 11 is 0. The average molecular weight is 297 g/mol. The van der Waals surface area contributed by atoms with Crippen molar-refractivity contribution in [2.75, 3.05) is 20.2 Å². The molecule has 6 nitrogen and oxygen atoms in total. The molecule has 1 amide bonds. The Bertz CT molecular complexity index is 418. The molecule has 1 aliphatic heterocycles. The first-order valence-electron chi connectivity index (χ1n) is 7.80. The first-order chi connectivity index (χ1) is 9.97. The van der Waals surface area contributed by atoms with Crippen molar-refractivity contribution < 1.29 is 14.7 Å². The molecule has 2 fully saturated rings. The SMILES string of the molecule is COC1(C)CCCN(C(=O)C2(C(N)=NO)CCCCC2)C1. The number of nitrogens with two attached hydrogens (primary N) is 1. The zero-order valence-corrected chi connectivity index (χ0v) is 13.1. The third-order valence-electron chi connectivity index (χ3n) is 5.15. The van der Waals surface area contributed by atoms with Gasteiger partial charge in [0.15, 0.2) is 5.84 Å². The Labute approximate surface area is 126 Å². The molecule has 21 heavy (non-hydrogen) atoms. The molecule has 0 aromatic rings. The van der Waals surface area contributed by atoms with E-state index in [1.165, 1.54) is 0 Å². The van der Waals surface area contributed by atoms with Crippen molar-refractivity contribution in [2.24, 2.45) is 16.3 Å². The largest absolute Gasteiger partial charge is 0.409 e. The zero-order valence-electron chi connectivity index (χ0n) is 13.1. The zero-order chi connectivity index (χ0) is 15.5. The van der Waals surface area contributed by atoms with Crippen molar-refractivity contribution in [3.8, 4) is 0 Å². The first-order valence-corrected chi connectivity index (χ1v) is 7.80. The molecule has 1 saturated heterocycles. The van der Waals surface area contributed by atoms with E-state index >= 15 is 0 Å². The minimum Gasteiger partial charge on any atom is -0.409 e. The fourth-order valence-corrected chi connectivity index (χ4v) is 3.68. The maximum absolute atomic E-state index is 13.1. The van der Waals surface area contributed by atoms with Gasteiger partial charge in [0.2, 0.25) is 5.91 Å². The fraction of sp³-hybridized carbons (Fsp3) is 0.867. The molecule has 0 spiro atoms. The highest BCUT2D eigenvalue weighted by Crippen LogP contribution is 2.39. The van der Waals surface area contributed by atoms with Gasteiger partial charge in [0.25, 0.3) is 0 Å². The molecule has 1 aliphatic carbocycles. The highest BCUT2D eigenvalue weighted by molar-refractivity contribution is 6.06. The van der Waals surface area contributed by atoms with Crippen molar-refractivity contribution in [3.63, 3.8) is 0 Å². The van der Waals surface area contributed by atoms with E-state index in [1.807, 2.05) is 11.8 Å². The van der Waals surface area contributed by atoms with Crippen LogP contribution in [0, 0.1) is 5.41 Å². The van der Waals surface area contributed by atoms with Crippen LogP contribution in [-0.2, 0) is 9.53 Å². The Balaban J connectivity index is 2.22. The highest BCUT2D eigenvalue weighted by atomic mass is 16.5. The van der Waals surface area contributed by atoms with Crippen LogP contribution in [0.4, 0.5) is 0 Å². The maximum Gasteiger partial charge on any atom is 0.236 e. The fourth-order valence-electron chi connectivity index (χ4n) is 3.68. The second-order valence-electron chi connectivity index (χ2n) is 6.61. The predicted octanol–water partition coefficient (Wildman–Crippen LogP) is 1.71. The summed E-state index contributed by atoms with van der Waals surface area (Å²) in [6, 6.07) is 0. The van der Waals surface area contributed by atoms with Gasteiger partial charge in [-0.2, -0.15) is 0 Å². The first kappa shape index (κ1) is 16.1. The number of piperidine rings is 1. The molecule has 0 bridgehead atoms. The smallest absolute Gasteiger partial charge is 0.236 e. The molecule has 2 aliphatic rings. The molecular formula is C15H27N3O3. The van der Waals surface area contributed by atoms with Crippen LogP contribution in [-0.4, -0.2) is 47.7 Å². The molecule has 1 saturated carbocycles. The molecule has 1 heterocycles. The molecule has 0 aromatic carbocycles. The predicted molar refractivity (Wildman–Crippen MR) is 80.2 cm³/mol. The number of carbonyl (C=O) groups is 1. The Morgan fingerprint density at radius 2 is 1.90 bits per heavy atom. The van der Waals surface area contributed by atoms with Crippen LogP contribution in [0.5, 0.6) is 0 Å². The summed E-state index contributed by atoms with van der Waals surface area (Å²) < 4.78 is 5.56. The summed E-state index contributed by atoms with van der Waals surface area (Å²) in [4.78, 5) is 14.9. The number of likely N-dealkylation sites (tertiary alicyclic amines) is 1. The number of hydrogen-bond donors (Lipinski definition) is 2. The third kappa shape index (κ3) is 3.00. The normalized spacial score (nSPS) is 30.2. The maximum atomic E-state index is 13.1. The molecule has 1 atom stereocenters. The number of amidine groups is 1. The van der Waals surface area contributed by atoms with Gasteiger partial charge < -0.3 is 20.6 Å². The Morgan fingerprint density at radius 3 is 2.48 bits per heavy atom. The molecule has 120 valence electrons. The van der Waals surface area contributed by atoms with Gasteiger partial charge in [0, 0.05) is 20.2 Å². The van der Waals surface area contributed by atoms with E-state index in [9.17, 15) is 4.79 Å². The van der Waals surface area contributed by atoms with Crippen LogP contribution >= 0.6 is 0 Å². The number of carbonyl (C=O) groups excluding carboxylic acids is 1. The van der Waals surface area contributed by atoms with E-state index in [4.69, 9.17) is 15.7 Å². The van der Waals surface area contributed by atoms with Gasteiger partial charge in [0.05, 0.1) is 5.60 Å². The van der Waals surface area contributed by atoms with Gasteiger partial charge in [-0.05, 0) is 32.6 Å². The lowest BCUT2D eigenvalue weighted by atomic mass is 9.71. The quantitative estimate of drug-likeness (QED) is 0.359. The molecule has 1 unspecified atom stereocenters. The Kier molecular flexibility index (Phi) is 4.76. The van der Waals surface area contributed by atoms with Crippen molar-refractivity contribution in [1.82, 2.24) is 4.90 Å². The van der Waals surface area contributed by atoms with E-state index in [1.54, 1.807) is 7.11 Å². The van der Waals surface area contributed by atoms with Crippen molar-refractivity contribution >= 4 is 11.7 Å². The number of rotatable bonds is 3. The summed E-state index contributed by atoms with van der Waals surface area (Å²) in [7, 11) is 1.69. The van der Waals surface area contributed by atoms with Crippen molar-refractivity contribution in [1.29, 1.82) is 0 Å². The molecule has 0 aromatic heterocycles. The van der Waals surface area contributed by atoms with Gasteiger partial charge in [0.1, 0.15) is 5.41 Å². The summed E-state index contributed by atoms with van der Waals surface area (Å²) in [5, 5.41) is 12.3. The van der Waals surface area contributed by atoms with Gasteiger partial charge in [-0.1, -0.05) is 24.4 Å². The highest BCUT2D eigenvalue weighted by Gasteiger charge is 2.47. The lowest BCUT2D eigenvalue weighted by Crippen LogP contribution is -2.57. The third-order valence-corrected chi connectivity index (χ3v) is 5.15. The summed E-state index contributed by atoms with van der Waals surface area (Å²) in [6.07, 6.45) is 6.19. The van der Waals surface area contributed by atoms with Crippen molar-refractivity contribution in [2.45, 2.75) is 57.5 Å². The summed E-state index contributed by atoms with van der Waals surface area (Å²) in [6.45, 7) is 3.32. The molecule has 0 radical (unpaired) electrons. The van der Waals surface area contributed by atoms with E-state index < -0.39 is 5.41 Å². The summed E-state index contributed by atoms with van der Waals surface area (Å²) in [5.41, 5.74) is 4.79. The molecule has 3 N–H and O–H groups in total. The van der Waals surface area contributed by atoms with Crippen LogP contribution in [0.3, 0.4) is 0 Å². The van der Waals surface area contributed by atoms with Crippen LogP contribution < -0.4 is 5.73 Å². The lowest BCUT2D eigenvalue weighted by molar-refractivity contribution is -0.147. The average Bonchev–Trinajstić information content (AvgIpc) is 2.54. The Hall–Kier alpha value is -1.30. The van der Waals surface area contributed by atoms with Crippen LogP contribution in [0.25, 0.3) is 0 Å². The number of amides is 1. The van der Waals surface area contributed by atoms with Crippen molar-refractivity contribution in [3.05, 3.63) is 0 Å². The minimum atomic E-state index is -0.820. The van der Waals surface area contributed by atoms with Gasteiger partial charge in [-0.15, -0.1) is 0 Å². The number of hydrogen-bond acceptors (Lipinski definition) is 4. The monoisotopic (exact) mass is 297 g/mol. The number of methoxy groups -OCH3 is 1. The van der Waals surface area contributed by atoms with E-state index in [0.717, 1.165) is 38.6 Å². The van der Waals surface area contributed by atoms with Crippen LogP contribution in [0.2, 0.25) is 0 Å². The lowest BCUT2D eigenvalue weighted by Gasteiger charge is -2.44. The summed E-state index contributed by atoms with van der Waals surface area (Å²) in [5.74, 6) is 0.0670. The standard InChI is InChI=1S/C15H27N3O3/c1-14(21-2)7-6-10-18(11-14)13(19)15(12(16)17-20)8-4-3-5-9-15/h20H,3-11H2,1-2H3,(H2,16,17). The van der Waals surface area contributed by atoms with Crippen LogP contribution in [0.1, 0.15) is 51.9 Å².